The number of ether oxygens (including phenoxy) is 1. The normalized spacial score (nSPS) is 15.1. The molecule has 0 heterocycles. The molecule has 0 aliphatic rings. The number of hydrogen-bond acceptors (Lipinski definition) is 4. The van der Waals surface area contributed by atoms with Crippen LogP contribution in [0.15, 0.2) is 0 Å². The van der Waals surface area contributed by atoms with Crippen LogP contribution < -0.4 is 5.32 Å². The fourth-order valence-corrected chi connectivity index (χ4v) is 1.79. The quantitative estimate of drug-likeness (QED) is 0.542. The summed E-state index contributed by atoms with van der Waals surface area (Å²) in [6.45, 7) is 6.65. The number of aliphatic hydroxyl groups is 1. The van der Waals surface area contributed by atoms with Crippen molar-refractivity contribution in [2.45, 2.75) is 32.8 Å². The highest BCUT2D eigenvalue weighted by molar-refractivity contribution is 7.84. The molecule has 0 saturated heterocycles. The van der Waals surface area contributed by atoms with E-state index in [1.54, 1.807) is 6.26 Å². The first-order valence-electron chi connectivity index (χ1n) is 6.29. The van der Waals surface area contributed by atoms with Crippen LogP contribution in [0.2, 0.25) is 0 Å². The Balaban J connectivity index is 3.23. The average molecular weight is 265 g/mol. The van der Waals surface area contributed by atoms with Crippen molar-refractivity contribution in [3.05, 3.63) is 0 Å². The molecule has 0 aromatic carbocycles. The van der Waals surface area contributed by atoms with Crippen molar-refractivity contribution >= 4 is 10.8 Å². The Bertz CT molecular complexity index is 200. The average Bonchev–Trinajstić information content (AvgIpc) is 2.23. The van der Waals surface area contributed by atoms with Gasteiger partial charge in [0, 0.05) is 42.5 Å². The third-order valence-corrected chi connectivity index (χ3v) is 3.11. The number of nitrogens with one attached hydrogen (secondary N) is 1. The van der Waals surface area contributed by atoms with Gasteiger partial charge in [-0.1, -0.05) is 13.8 Å². The predicted molar refractivity (Wildman–Crippen MR) is 72.7 cm³/mol. The van der Waals surface area contributed by atoms with E-state index < -0.39 is 16.9 Å². The molecule has 0 bridgehead atoms. The molecule has 2 atom stereocenters. The molecule has 17 heavy (non-hydrogen) atoms. The van der Waals surface area contributed by atoms with Crippen molar-refractivity contribution in [1.29, 1.82) is 0 Å². The van der Waals surface area contributed by atoms with Crippen LogP contribution in [-0.2, 0) is 15.5 Å². The summed E-state index contributed by atoms with van der Waals surface area (Å²) in [5.41, 5.74) is 0. The van der Waals surface area contributed by atoms with Crippen molar-refractivity contribution in [2.75, 3.05) is 38.3 Å². The Hall–Kier alpha value is 0.0300. The zero-order chi connectivity index (χ0) is 13.1. The Morgan fingerprint density at radius 3 is 2.71 bits per heavy atom. The Morgan fingerprint density at radius 1 is 1.41 bits per heavy atom. The first kappa shape index (κ1) is 17.0. The van der Waals surface area contributed by atoms with E-state index in [4.69, 9.17) is 4.74 Å². The molecular formula is C12H27NO3S. The molecule has 0 saturated carbocycles. The molecule has 0 aromatic heterocycles. The van der Waals surface area contributed by atoms with Gasteiger partial charge in [-0.25, -0.2) is 0 Å². The molecule has 0 amide bonds. The van der Waals surface area contributed by atoms with E-state index >= 15 is 0 Å². The lowest BCUT2D eigenvalue weighted by atomic mass is 10.1. The molecule has 0 radical (unpaired) electrons. The van der Waals surface area contributed by atoms with Crippen LogP contribution in [-0.4, -0.2) is 53.7 Å². The van der Waals surface area contributed by atoms with Gasteiger partial charge >= 0.3 is 0 Å². The first-order valence-corrected chi connectivity index (χ1v) is 8.01. The SMILES string of the molecule is CC(C)CCCOCC(O)CNCCS(C)=O. The van der Waals surface area contributed by atoms with Gasteiger partial charge < -0.3 is 15.2 Å². The minimum absolute atomic E-state index is 0.375. The highest BCUT2D eigenvalue weighted by atomic mass is 32.2. The van der Waals surface area contributed by atoms with Crippen molar-refractivity contribution in [2.24, 2.45) is 5.92 Å². The van der Waals surface area contributed by atoms with Crippen molar-refractivity contribution in [3.63, 3.8) is 0 Å². The van der Waals surface area contributed by atoms with Gasteiger partial charge in [0.05, 0.1) is 12.7 Å². The zero-order valence-electron chi connectivity index (χ0n) is 11.3. The van der Waals surface area contributed by atoms with Gasteiger partial charge in [0.25, 0.3) is 0 Å². The molecule has 0 rings (SSSR count). The lowest BCUT2D eigenvalue weighted by Gasteiger charge is -2.12. The van der Waals surface area contributed by atoms with E-state index in [1.165, 1.54) is 0 Å². The van der Waals surface area contributed by atoms with Gasteiger partial charge in [-0.3, -0.25) is 4.21 Å². The minimum Gasteiger partial charge on any atom is -0.389 e. The summed E-state index contributed by atoms with van der Waals surface area (Å²) in [6, 6.07) is 0. The van der Waals surface area contributed by atoms with Gasteiger partial charge in [0.1, 0.15) is 0 Å². The van der Waals surface area contributed by atoms with Crippen LogP contribution in [0.1, 0.15) is 26.7 Å². The van der Waals surface area contributed by atoms with Crippen molar-refractivity contribution < 1.29 is 14.1 Å². The van der Waals surface area contributed by atoms with Crippen LogP contribution in [0.4, 0.5) is 0 Å². The lowest BCUT2D eigenvalue weighted by molar-refractivity contribution is 0.0351. The maximum atomic E-state index is 10.8. The van der Waals surface area contributed by atoms with Crippen LogP contribution in [0.5, 0.6) is 0 Å². The second kappa shape index (κ2) is 11.1. The number of aliphatic hydroxyl groups excluding tert-OH is 1. The highest BCUT2D eigenvalue weighted by Crippen LogP contribution is 2.03. The fourth-order valence-electron chi connectivity index (χ4n) is 1.36. The van der Waals surface area contributed by atoms with E-state index in [1.807, 2.05) is 0 Å². The summed E-state index contributed by atoms with van der Waals surface area (Å²) in [6.07, 6.45) is 3.42. The third-order valence-electron chi connectivity index (χ3n) is 2.33. The summed E-state index contributed by atoms with van der Waals surface area (Å²) < 4.78 is 16.1. The molecule has 4 nitrogen and oxygen atoms in total. The summed E-state index contributed by atoms with van der Waals surface area (Å²) in [4.78, 5) is 0. The maximum Gasteiger partial charge on any atom is 0.0897 e. The molecule has 0 aliphatic carbocycles. The minimum atomic E-state index is -0.768. The first-order chi connectivity index (χ1) is 8.02. The zero-order valence-corrected chi connectivity index (χ0v) is 12.1. The molecule has 0 aromatic rings. The van der Waals surface area contributed by atoms with Crippen LogP contribution in [0.3, 0.4) is 0 Å². The topological polar surface area (TPSA) is 58.6 Å². The lowest BCUT2D eigenvalue weighted by Crippen LogP contribution is -2.32. The van der Waals surface area contributed by atoms with Crippen LogP contribution in [0, 0.1) is 5.92 Å². The van der Waals surface area contributed by atoms with E-state index in [9.17, 15) is 9.32 Å². The molecule has 5 heteroatoms. The second-order valence-electron chi connectivity index (χ2n) is 4.75. The summed E-state index contributed by atoms with van der Waals surface area (Å²) in [5.74, 6) is 1.34. The van der Waals surface area contributed by atoms with Gasteiger partial charge in [0.2, 0.25) is 0 Å². The second-order valence-corrected chi connectivity index (χ2v) is 6.30. The monoisotopic (exact) mass is 265 g/mol. The third kappa shape index (κ3) is 14.0. The fraction of sp³-hybridized carbons (Fsp3) is 1.00. The Labute approximate surface area is 108 Å². The van der Waals surface area contributed by atoms with Gasteiger partial charge in [-0.05, 0) is 18.8 Å². The Morgan fingerprint density at radius 2 is 2.12 bits per heavy atom. The largest absolute Gasteiger partial charge is 0.389 e. The predicted octanol–water partition coefficient (Wildman–Crippen LogP) is 0.768. The molecule has 0 fully saturated rings. The number of rotatable bonds is 11. The molecule has 2 unspecified atom stereocenters. The standard InChI is InChI=1S/C12H27NO3S/c1-11(2)5-4-7-16-10-12(14)9-13-6-8-17(3)15/h11-14H,4-10H2,1-3H3. The Kier molecular flexibility index (Phi) is 11.2. The van der Waals surface area contributed by atoms with E-state index in [2.05, 4.69) is 19.2 Å². The number of hydrogen-bond donors (Lipinski definition) is 2. The summed E-state index contributed by atoms with van der Waals surface area (Å²) in [5, 5.41) is 12.6. The van der Waals surface area contributed by atoms with E-state index in [0.717, 1.165) is 12.8 Å². The smallest absolute Gasteiger partial charge is 0.0897 e. The molecule has 0 aliphatic heterocycles. The van der Waals surface area contributed by atoms with Crippen molar-refractivity contribution in [3.8, 4) is 0 Å². The maximum absolute atomic E-state index is 10.8. The summed E-state index contributed by atoms with van der Waals surface area (Å²) >= 11 is 0. The molecular weight excluding hydrogens is 238 g/mol. The summed E-state index contributed by atoms with van der Waals surface area (Å²) in [7, 11) is -0.768. The van der Waals surface area contributed by atoms with Crippen molar-refractivity contribution in [1.82, 2.24) is 5.32 Å². The van der Waals surface area contributed by atoms with E-state index in [0.29, 0.717) is 38.0 Å². The highest BCUT2D eigenvalue weighted by Gasteiger charge is 2.03. The van der Waals surface area contributed by atoms with Gasteiger partial charge in [0.15, 0.2) is 0 Å². The van der Waals surface area contributed by atoms with Gasteiger partial charge in [-0.15, -0.1) is 0 Å². The molecule has 2 N–H and O–H groups in total. The van der Waals surface area contributed by atoms with Gasteiger partial charge in [-0.2, -0.15) is 0 Å². The molecule has 0 spiro atoms. The van der Waals surface area contributed by atoms with E-state index in [-0.39, 0.29) is 0 Å². The molecule has 104 valence electrons. The van der Waals surface area contributed by atoms with Crippen LogP contribution in [0.25, 0.3) is 0 Å². The van der Waals surface area contributed by atoms with Crippen LogP contribution >= 0.6 is 0 Å².